The average Bonchev–Trinajstić information content (AvgIpc) is 3.17. The van der Waals surface area contributed by atoms with Gasteiger partial charge in [0.15, 0.2) is 0 Å². The molecule has 0 aliphatic carbocycles. The fourth-order valence-electron chi connectivity index (χ4n) is 2.16. The number of phenols is 2. The molecule has 0 aliphatic heterocycles. The van der Waals surface area contributed by atoms with Gasteiger partial charge < -0.3 is 10.2 Å². The second-order valence-electron chi connectivity index (χ2n) is 4.84. The summed E-state index contributed by atoms with van der Waals surface area (Å²) in [6.07, 6.45) is 0. The largest absolute Gasteiger partial charge is 0.506 e. The quantitative estimate of drug-likeness (QED) is 0.188. The highest BCUT2D eigenvalue weighted by atomic mass is 79.9. The number of benzene rings is 1. The molecule has 0 atom stereocenters. The van der Waals surface area contributed by atoms with Gasteiger partial charge in [-0.05, 0) is 66.8 Å². The van der Waals surface area contributed by atoms with Crippen molar-refractivity contribution in [3.8, 4) is 11.5 Å². The maximum Gasteiger partial charge on any atom is 0.143 e. The number of aromatic hydroxyl groups is 2. The van der Waals surface area contributed by atoms with Crippen molar-refractivity contribution in [2.45, 2.75) is 14.4 Å². The summed E-state index contributed by atoms with van der Waals surface area (Å²) >= 11 is 26.5. The number of hydrogen-bond donors (Lipinski definition) is 2. The molecule has 0 saturated heterocycles. The molecular weight excluding hydrogens is 631 g/mol. The second kappa shape index (κ2) is 8.86. The Hall–Kier alpha value is 0.460. The fraction of sp³-hybridized carbons (Fsp3) is 0.125. The van der Waals surface area contributed by atoms with Crippen molar-refractivity contribution in [2.24, 2.45) is 0 Å². The van der Waals surface area contributed by atoms with Crippen LogP contribution in [0.2, 0.25) is 10.0 Å². The summed E-state index contributed by atoms with van der Waals surface area (Å²) in [6.45, 7) is 2.09. The van der Waals surface area contributed by atoms with Gasteiger partial charge in [-0.25, -0.2) is 0 Å². The maximum atomic E-state index is 10.3. The zero-order valence-electron chi connectivity index (χ0n) is 12.2. The maximum absolute atomic E-state index is 10.3. The number of halogens is 5. The predicted molar refractivity (Wildman–Crippen MR) is 129 cm³/mol. The van der Waals surface area contributed by atoms with E-state index in [-0.39, 0.29) is 18.9 Å². The van der Waals surface area contributed by atoms with Crippen LogP contribution in [0.25, 0.3) is 20.2 Å². The molecule has 0 saturated carbocycles. The van der Waals surface area contributed by atoms with E-state index in [0.29, 0.717) is 37.8 Å². The normalized spacial score (nSPS) is 10.7. The summed E-state index contributed by atoms with van der Waals surface area (Å²) < 4.78 is 3.58. The van der Waals surface area contributed by atoms with E-state index < -0.39 is 0 Å². The summed E-state index contributed by atoms with van der Waals surface area (Å²) in [5, 5.41) is 22.3. The van der Waals surface area contributed by atoms with Crippen LogP contribution in [0.5, 0.6) is 11.5 Å². The molecule has 2 nitrogen and oxygen atoms in total. The molecule has 2 N–H and O–H groups in total. The lowest BCUT2D eigenvalue weighted by Crippen LogP contribution is -1.73. The number of thiophene rings is 3. The van der Waals surface area contributed by atoms with Crippen LogP contribution in [0.4, 0.5) is 0 Å². The van der Waals surface area contributed by atoms with E-state index >= 15 is 0 Å². The van der Waals surface area contributed by atoms with Crippen molar-refractivity contribution >= 4 is 125 Å². The molecule has 0 aliphatic rings. The van der Waals surface area contributed by atoms with Crippen molar-refractivity contribution in [1.29, 1.82) is 0 Å². The Morgan fingerprint density at radius 3 is 1.50 bits per heavy atom. The summed E-state index contributed by atoms with van der Waals surface area (Å²) in [7, 11) is 0. The first-order chi connectivity index (χ1) is 11.7. The Bertz CT molecular complexity index is 1020. The molecule has 26 heavy (non-hydrogen) atoms. The highest BCUT2D eigenvalue weighted by molar-refractivity contribution is 9.11. The monoisotopic (exact) mass is 638 g/mol. The number of hydrogen-bond acceptors (Lipinski definition) is 5. The van der Waals surface area contributed by atoms with Gasteiger partial charge in [0.2, 0.25) is 0 Å². The Morgan fingerprint density at radius 2 is 1.23 bits per heavy atom. The molecule has 0 fully saturated rings. The molecule has 140 valence electrons. The summed E-state index contributed by atoms with van der Waals surface area (Å²) in [6, 6.07) is 4.15. The molecule has 0 amide bonds. The van der Waals surface area contributed by atoms with E-state index in [9.17, 15) is 10.2 Å². The summed E-state index contributed by atoms with van der Waals surface area (Å²) in [5.74, 6) is 0.0877. The highest BCUT2D eigenvalue weighted by Gasteiger charge is 2.24. The van der Waals surface area contributed by atoms with Crippen LogP contribution in [-0.2, 0) is 0 Å². The van der Waals surface area contributed by atoms with Crippen LogP contribution >= 0.6 is 105 Å². The van der Waals surface area contributed by atoms with E-state index in [2.05, 4.69) is 66.8 Å². The van der Waals surface area contributed by atoms with E-state index in [1.54, 1.807) is 11.3 Å². The number of fused-ring (bicyclic) bond motifs is 2. The third kappa shape index (κ3) is 4.08. The first kappa shape index (κ1) is 22.7. The molecule has 0 unspecified atom stereocenters. The Morgan fingerprint density at radius 1 is 0.808 bits per heavy atom. The van der Waals surface area contributed by atoms with Crippen LogP contribution in [0.15, 0.2) is 23.5 Å². The minimum Gasteiger partial charge on any atom is -0.506 e. The van der Waals surface area contributed by atoms with Gasteiger partial charge in [0.1, 0.15) is 11.5 Å². The van der Waals surface area contributed by atoms with Gasteiger partial charge >= 0.3 is 0 Å². The predicted octanol–water partition coefficient (Wildman–Crippen LogP) is 9.81. The van der Waals surface area contributed by atoms with Gasteiger partial charge in [0, 0.05) is 4.88 Å². The minimum atomic E-state index is 0. The molecule has 0 spiro atoms. The molecule has 0 bridgehead atoms. The lowest BCUT2D eigenvalue weighted by atomic mass is 10.2. The molecule has 3 aromatic heterocycles. The number of phenolic OH excluding ortho intramolecular Hbond substituents is 2. The number of aryl methyl sites for hydroxylation is 1. The Kier molecular flexibility index (Phi) is 7.75. The van der Waals surface area contributed by atoms with Crippen molar-refractivity contribution in [3.63, 3.8) is 0 Å². The smallest absolute Gasteiger partial charge is 0.143 e. The van der Waals surface area contributed by atoms with Gasteiger partial charge in [0.05, 0.1) is 41.6 Å². The standard InChI is InChI=1S/C10H2Br2Cl2O2S2.C5H5BrS.CH4/c11-9-3(13)1-5(15)8-2(4(14)10(12)18-8)6(16)7(1)17-9;1-4-2-3-5(6)7-4;/h15-16H;2-3H,1H3;1H4. The molecule has 4 aromatic rings. The fourth-order valence-corrected chi connectivity index (χ4v) is 7.45. The van der Waals surface area contributed by atoms with E-state index in [1.807, 2.05) is 0 Å². The first-order valence-electron chi connectivity index (χ1n) is 6.53. The lowest BCUT2D eigenvalue weighted by molar-refractivity contribution is 0.480. The van der Waals surface area contributed by atoms with Crippen LogP contribution in [0.1, 0.15) is 12.3 Å². The third-order valence-corrected chi connectivity index (χ3v) is 9.94. The molecule has 1 aromatic carbocycles. The molecule has 4 rings (SSSR count). The SMILES string of the molecule is C.Cc1ccc(Br)s1.Oc1c2sc(Br)c(Cl)c2c(O)c2sc(Br)c(Cl)c12. The van der Waals surface area contributed by atoms with Crippen LogP contribution < -0.4 is 0 Å². The second-order valence-corrected chi connectivity index (χ2v) is 12.9. The molecular formula is C16H11Br3Cl2O2S3. The van der Waals surface area contributed by atoms with Crippen LogP contribution in [0, 0.1) is 6.92 Å². The highest BCUT2D eigenvalue weighted by Crippen LogP contribution is 2.56. The average molecular weight is 642 g/mol. The molecule has 0 radical (unpaired) electrons. The van der Waals surface area contributed by atoms with Gasteiger partial charge in [0.25, 0.3) is 0 Å². The zero-order chi connectivity index (χ0) is 18.5. The van der Waals surface area contributed by atoms with Gasteiger partial charge in [-0.15, -0.1) is 34.0 Å². The Labute approximate surface area is 197 Å². The lowest BCUT2D eigenvalue weighted by Gasteiger charge is -2.02. The third-order valence-electron chi connectivity index (χ3n) is 3.23. The number of rotatable bonds is 0. The molecule has 10 heteroatoms. The van der Waals surface area contributed by atoms with E-state index in [4.69, 9.17) is 23.2 Å². The Balaban J connectivity index is 0.000000258. The van der Waals surface area contributed by atoms with Crippen LogP contribution in [0.3, 0.4) is 0 Å². The zero-order valence-corrected chi connectivity index (χ0v) is 20.9. The van der Waals surface area contributed by atoms with Crippen molar-refractivity contribution in [2.75, 3.05) is 0 Å². The summed E-state index contributed by atoms with van der Waals surface area (Å²) in [5.41, 5.74) is 0. The van der Waals surface area contributed by atoms with E-state index in [1.165, 1.54) is 31.3 Å². The van der Waals surface area contributed by atoms with Gasteiger partial charge in [-0.1, -0.05) is 30.6 Å². The van der Waals surface area contributed by atoms with Crippen molar-refractivity contribution in [1.82, 2.24) is 0 Å². The van der Waals surface area contributed by atoms with Gasteiger partial charge in [-0.2, -0.15) is 0 Å². The molecule has 3 heterocycles. The summed E-state index contributed by atoms with van der Waals surface area (Å²) in [4.78, 5) is 1.35. The first-order valence-corrected chi connectivity index (χ1v) is 12.1. The topological polar surface area (TPSA) is 40.5 Å². The van der Waals surface area contributed by atoms with Crippen molar-refractivity contribution < 1.29 is 10.2 Å². The van der Waals surface area contributed by atoms with Crippen LogP contribution in [-0.4, -0.2) is 10.2 Å². The van der Waals surface area contributed by atoms with E-state index in [0.717, 1.165) is 0 Å². The van der Waals surface area contributed by atoms with Crippen molar-refractivity contribution in [3.05, 3.63) is 38.4 Å². The minimum absolute atomic E-state index is 0. The van der Waals surface area contributed by atoms with Gasteiger partial charge in [-0.3, -0.25) is 0 Å².